The first-order chi connectivity index (χ1) is 8.45. The first-order valence-electron chi connectivity index (χ1n) is 6.39. The van der Waals surface area contributed by atoms with E-state index in [0.717, 1.165) is 18.7 Å². The van der Waals surface area contributed by atoms with Gasteiger partial charge in [0.15, 0.2) is 4.77 Å². The molecule has 0 aliphatic rings. The van der Waals surface area contributed by atoms with Gasteiger partial charge in [0.2, 0.25) is 5.91 Å². The SMILES string of the molecule is CCCc1n[nH]c(=S)n1CC(=O)NC(C)C(C)C. The minimum atomic E-state index is -0.0222. The molecule has 1 unspecified atom stereocenters. The number of aryl methyl sites for hydroxylation is 1. The molecule has 1 atom stereocenters. The summed E-state index contributed by atoms with van der Waals surface area (Å²) >= 11 is 5.14. The van der Waals surface area contributed by atoms with Crippen LogP contribution >= 0.6 is 12.2 Å². The fourth-order valence-electron chi connectivity index (χ4n) is 1.54. The van der Waals surface area contributed by atoms with E-state index in [0.29, 0.717) is 10.7 Å². The molecule has 0 saturated heterocycles. The minimum absolute atomic E-state index is 0.0222. The Balaban J connectivity index is 2.69. The molecular formula is C12H22N4OS. The third kappa shape index (κ3) is 3.94. The molecule has 0 spiro atoms. The van der Waals surface area contributed by atoms with Crippen molar-refractivity contribution in [2.24, 2.45) is 5.92 Å². The summed E-state index contributed by atoms with van der Waals surface area (Å²) in [7, 11) is 0. The van der Waals surface area contributed by atoms with Crippen LogP contribution in [0.4, 0.5) is 0 Å². The van der Waals surface area contributed by atoms with Gasteiger partial charge in [-0.05, 0) is 31.5 Å². The van der Waals surface area contributed by atoms with Gasteiger partial charge in [0, 0.05) is 12.5 Å². The van der Waals surface area contributed by atoms with Crippen molar-refractivity contribution >= 4 is 18.1 Å². The second-order valence-corrected chi connectivity index (χ2v) is 5.27. The lowest BCUT2D eigenvalue weighted by Gasteiger charge is -2.17. The van der Waals surface area contributed by atoms with E-state index in [4.69, 9.17) is 12.2 Å². The second kappa shape index (κ2) is 6.68. The standard InChI is InChI=1S/C12H22N4OS/c1-5-6-10-14-15-12(18)16(10)7-11(17)13-9(4)8(2)3/h8-9H,5-7H2,1-4H3,(H,13,17)(H,15,18). The molecule has 102 valence electrons. The molecule has 6 heteroatoms. The molecule has 0 bridgehead atoms. The number of nitrogens with zero attached hydrogens (tertiary/aromatic N) is 2. The van der Waals surface area contributed by atoms with Crippen molar-refractivity contribution in [2.45, 2.75) is 53.1 Å². The van der Waals surface area contributed by atoms with Gasteiger partial charge < -0.3 is 5.32 Å². The average molecular weight is 270 g/mol. The Bertz CT molecular complexity index is 449. The molecule has 18 heavy (non-hydrogen) atoms. The fourth-order valence-corrected chi connectivity index (χ4v) is 1.75. The molecule has 0 aromatic carbocycles. The molecule has 0 fully saturated rings. The van der Waals surface area contributed by atoms with E-state index in [-0.39, 0.29) is 18.5 Å². The van der Waals surface area contributed by atoms with E-state index in [2.05, 4.69) is 36.3 Å². The first-order valence-corrected chi connectivity index (χ1v) is 6.80. The highest BCUT2D eigenvalue weighted by Gasteiger charge is 2.13. The van der Waals surface area contributed by atoms with Crippen molar-refractivity contribution in [1.82, 2.24) is 20.1 Å². The summed E-state index contributed by atoms with van der Waals surface area (Å²) in [6.45, 7) is 8.47. The van der Waals surface area contributed by atoms with Crippen LogP contribution in [0.15, 0.2) is 0 Å². The van der Waals surface area contributed by atoms with E-state index in [1.807, 2.05) is 6.92 Å². The van der Waals surface area contributed by atoms with Gasteiger partial charge in [-0.15, -0.1) is 0 Å². The quantitative estimate of drug-likeness (QED) is 0.778. The highest BCUT2D eigenvalue weighted by molar-refractivity contribution is 7.71. The summed E-state index contributed by atoms with van der Waals surface area (Å²) in [5.41, 5.74) is 0. The van der Waals surface area contributed by atoms with Gasteiger partial charge in [0.25, 0.3) is 0 Å². The van der Waals surface area contributed by atoms with Gasteiger partial charge in [0.05, 0.1) is 0 Å². The zero-order chi connectivity index (χ0) is 13.7. The largest absolute Gasteiger partial charge is 0.352 e. The predicted molar refractivity (Wildman–Crippen MR) is 73.8 cm³/mol. The molecule has 1 heterocycles. The number of carbonyl (C=O) groups excluding carboxylic acids is 1. The lowest BCUT2D eigenvalue weighted by atomic mass is 10.1. The summed E-state index contributed by atoms with van der Waals surface area (Å²) in [4.78, 5) is 11.9. The molecular weight excluding hydrogens is 248 g/mol. The normalized spacial score (nSPS) is 12.7. The number of hydrogen-bond donors (Lipinski definition) is 2. The molecule has 5 nitrogen and oxygen atoms in total. The Labute approximate surface area is 113 Å². The zero-order valence-corrected chi connectivity index (χ0v) is 12.3. The van der Waals surface area contributed by atoms with E-state index in [1.165, 1.54) is 0 Å². The predicted octanol–water partition coefficient (Wildman–Crippen LogP) is 2.05. The van der Waals surface area contributed by atoms with Crippen molar-refractivity contribution < 1.29 is 4.79 Å². The number of nitrogens with one attached hydrogen (secondary N) is 2. The Morgan fingerprint density at radius 1 is 1.50 bits per heavy atom. The number of hydrogen-bond acceptors (Lipinski definition) is 3. The Hall–Kier alpha value is -1.17. The smallest absolute Gasteiger partial charge is 0.240 e. The number of amides is 1. The van der Waals surface area contributed by atoms with Crippen molar-refractivity contribution in [1.29, 1.82) is 0 Å². The molecule has 1 aromatic rings. The number of rotatable bonds is 6. The summed E-state index contributed by atoms with van der Waals surface area (Å²) in [6.07, 6.45) is 1.80. The van der Waals surface area contributed by atoms with Gasteiger partial charge in [-0.3, -0.25) is 14.5 Å². The van der Waals surface area contributed by atoms with Crippen LogP contribution in [0.1, 0.15) is 39.9 Å². The summed E-state index contributed by atoms with van der Waals surface area (Å²) in [5, 5.41) is 9.84. The van der Waals surface area contributed by atoms with Crippen LogP contribution < -0.4 is 5.32 Å². The molecule has 1 amide bonds. The summed E-state index contributed by atoms with van der Waals surface area (Å²) < 4.78 is 2.27. The van der Waals surface area contributed by atoms with Crippen LogP contribution in [0, 0.1) is 10.7 Å². The molecule has 0 saturated carbocycles. The number of H-pyrrole nitrogens is 1. The van der Waals surface area contributed by atoms with Crippen LogP contribution in [0.25, 0.3) is 0 Å². The van der Waals surface area contributed by atoms with Crippen LogP contribution in [0.3, 0.4) is 0 Å². The van der Waals surface area contributed by atoms with E-state index in [9.17, 15) is 4.79 Å². The highest BCUT2D eigenvalue weighted by Crippen LogP contribution is 2.03. The first kappa shape index (κ1) is 14.9. The zero-order valence-electron chi connectivity index (χ0n) is 11.5. The Kier molecular flexibility index (Phi) is 5.53. The summed E-state index contributed by atoms with van der Waals surface area (Å²) in [6, 6.07) is 0.160. The number of aromatic nitrogens is 3. The van der Waals surface area contributed by atoms with Crippen molar-refractivity contribution in [2.75, 3.05) is 0 Å². The molecule has 2 N–H and O–H groups in total. The highest BCUT2D eigenvalue weighted by atomic mass is 32.1. The van der Waals surface area contributed by atoms with E-state index >= 15 is 0 Å². The van der Waals surface area contributed by atoms with Crippen LogP contribution in [-0.2, 0) is 17.8 Å². The molecule has 0 aliphatic heterocycles. The minimum Gasteiger partial charge on any atom is -0.352 e. The fraction of sp³-hybridized carbons (Fsp3) is 0.750. The van der Waals surface area contributed by atoms with Gasteiger partial charge in [-0.1, -0.05) is 20.8 Å². The van der Waals surface area contributed by atoms with Crippen LogP contribution in [0.2, 0.25) is 0 Å². The maximum absolute atomic E-state index is 11.9. The number of carbonyl (C=O) groups is 1. The topological polar surface area (TPSA) is 62.7 Å². The van der Waals surface area contributed by atoms with Crippen molar-refractivity contribution in [3.8, 4) is 0 Å². The lowest BCUT2D eigenvalue weighted by Crippen LogP contribution is -2.38. The van der Waals surface area contributed by atoms with E-state index < -0.39 is 0 Å². The third-order valence-corrected chi connectivity index (χ3v) is 3.31. The van der Waals surface area contributed by atoms with Crippen molar-refractivity contribution in [3.63, 3.8) is 0 Å². The molecule has 0 aliphatic carbocycles. The van der Waals surface area contributed by atoms with E-state index in [1.54, 1.807) is 4.57 Å². The van der Waals surface area contributed by atoms with Gasteiger partial charge in [-0.2, -0.15) is 5.10 Å². The monoisotopic (exact) mass is 270 g/mol. The maximum Gasteiger partial charge on any atom is 0.240 e. The van der Waals surface area contributed by atoms with Crippen molar-refractivity contribution in [3.05, 3.63) is 10.6 Å². The molecule has 0 radical (unpaired) electrons. The molecule has 1 aromatic heterocycles. The van der Waals surface area contributed by atoms with Gasteiger partial charge >= 0.3 is 0 Å². The third-order valence-electron chi connectivity index (χ3n) is 3.00. The molecule has 1 rings (SSSR count). The summed E-state index contributed by atoms with van der Waals surface area (Å²) in [5.74, 6) is 1.24. The lowest BCUT2D eigenvalue weighted by molar-refractivity contribution is -0.122. The maximum atomic E-state index is 11.9. The van der Waals surface area contributed by atoms with Crippen LogP contribution in [-0.4, -0.2) is 26.7 Å². The number of aromatic amines is 1. The average Bonchev–Trinajstić information content (AvgIpc) is 2.61. The van der Waals surface area contributed by atoms with Gasteiger partial charge in [-0.25, -0.2) is 0 Å². The Morgan fingerprint density at radius 2 is 2.17 bits per heavy atom. The Morgan fingerprint density at radius 3 is 2.72 bits per heavy atom. The second-order valence-electron chi connectivity index (χ2n) is 4.88. The van der Waals surface area contributed by atoms with Crippen LogP contribution in [0.5, 0.6) is 0 Å². The van der Waals surface area contributed by atoms with Gasteiger partial charge in [0.1, 0.15) is 12.4 Å².